The zero-order chi connectivity index (χ0) is 13.2. The van der Waals surface area contributed by atoms with Crippen LogP contribution < -0.4 is 0 Å². The molecule has 1 saturated carbocycles. The van der Waals surface area contributed by atoms with Crippen LogP contribution in [0.1, 0.15) is 37.7 Å². The van der Waals surface area contributed by atoms with Crippen LogP contribution in [0.3, 0.4) is 0 Å². The van der Waals surface area contributed by atoms with E-state index in [4.69, 9.17) is 0 Å². The van der Waals surface area contributed by atoms with Gasteiger partial charge in [0.05, 0.1) is 4.47 Å². The van der Waals surface area contributed by atoms with E-state index in [0.29, 0.717) is 22.9 Å². The lowest BCUT2D eigenvalue weighted by Crippen LogP contribution is -2.41. The molecule has 0 heterocycles. The predicted molar refractivity (Wildman–Crippen MR) is 70.8 cm³/mol. The van der Waals surface area contributed by atoms with Gasteiger partial charge in [-0.25, -0.2) is 4.39 Å². The summed E-state index contributed by atoms with van der Waals surface area (Å²) in [6.07, 6.45) is 3.96. The molecule has 0 spiro atoms. The molecule has 1 aromatic carbocycles. The second-order valence-electron chi connectivity index (χ2n) is 4.91. The molecule has 0 radical (unpaired) electrons. The fourth-order valence-electron chi connectivity index (χ4n) is 2.44. The largest absolute Gasteiger partial charge is 0.382 e. The molecule has 1 N–H and O–H groups in total. The van der Waals surface area contributed by atoms with Gasteiger partial charge in [0.25, 0.3) is 0 Å². The second kappa shape index (κ2) is 5.49. The van der Waals surface area contributed by atoms with Crippen LogP contribution in [0.15, 0.2) is 22.7 Å². The van der Waals surface area contributed by atoms with E-state index in [1.807, 2.05) is 0 Å². The molecule has 18 heavy (non-hydrogen) atoms. The zero-order valence-electron chi connectivity index (χ0n) is 10.1. The maximum Gasteiger partial charge on any atom is 0.168 e. The first kappa shape index (κ1) is 13.7. The van der Waals surface area contributed by atoms with Crippen LogP contribution in [0.2, 0.25) is 0 Å². The summed E-state index contributed by atoms with van der Waals surface area (Å²) >= 11 is 3.14. The van der Waals surface area contributed by atoms with Gasteiger partial charge in [-0.1, -0.05) is 31.4 Å². The normalized spacial score (nSPS) is 18.6. The van der Waals surface area contributed by atoms with E-state index in [-0.39, 0.29) is 18.0 Å². The topological polar surface area (TPSA) is 37.3 Å². The van der Waals surface area contributed by atoms with E-state index >= 15 is 0 Å². The van der Waals surface area contributed by atoms with Gasteiger partial charge < -0.3 is 5.11 Å². The van der Waals surface area contributed by atoms with Gasteiger partial charge in [0.2, 0.25) is 0 Å². The molecule has 0 bridgehead atoms. The fraction of sp³-hybridized carbons (Fsp3) is 0.500. The van der Waals surface area contributed by atoms with E-state index in [0.717, 1.165) is 19.3 Å². The number of rotatable bonds is 3. The van der Waals surface area contributed by atoms with Gasteiger partial charge in [-0.2, -0.15) is 0 Å². The van der Waals surface area contributed by atoms with Crippen molar-refractivity contribution in [3.8, 4) is 0 Å². The number of hydrogen-bond acceptors (Lipinski definition) is 2. The molecule has 0 aliphatic heterocycles. The molecule has 2 rings (SSSR count). The molecule has 1 aromatic rings. The first-order valence-corrected chi connectivity index (χ1v) is 7.01. The molecule has 4 heteroatoms. The van der Waals surface area contributed by atoms with Crippen LogP contribution in [0.25, 0.3) is 0 Å². The SMILES string of the molecule is O=C(Cc1cccc(F)c1Br)C1(O)CCCCC1. The molecule has 0 saturated heterocycles. The Morgan fingerprint density at radius 2 is 2.00 bits per heavy atom. The summed E-state index contributed by atoms with van der Waals surface area (Å²) in [7, 11) is 0. The monoisotopic (exact) mass is 314 g/mol. The number of carbonyl (C=O) groups is 1. The molecule has 0 aromatic heterocycles. The maximum absolute atomic E-state index is 13.3. The van der Waals surface area contributed by atoms with Crippen molar-refractivity contribution < 1.29 is 14.3 Å². The van der Waals surface area contributed by atoms with Crippen molar-refractivity contribution in [3.63, 3.8) is 0 Å². The highest BCUT2D eigenvalue weighted by molar-refractivity contribution is 9.10. The lowest BCUT2D eigenvalue weighted by atomic mass is 9.80. The quantitative estimate of drug-likeness (QED) is 0.928. The Kier molecular flexibility index (Phi) is 4.17. The molecule has 0 amide bonds. The fourth-order valence-corrected chi connectivity index (χ4v) is 2.84. The standard InChI is InChI=1S/C14H16BrFO2/c15-13-10(5-4-6-11(13)16)9-12(17)14(18)7-2-1-3-8-14/h4-6,18H,1-3,7-9H2. The van der Waals surface area contributed by atoms with Gasteiger partial charge in [-0.3, -0.25) is 4.79 Å². The Labute approximate surface area is 114 Å². The van der Waals surface area contributed by atoms with Crippen LogP contribution in [-0.4, -0.2) is 16.5 Å². The van der Waals surface area contributed by atoms with Crippen molar-refractivity contribution in [2.24, 2.45) is 0 Å². The van der Waals surface area contributed by atoms with E-state index in [2.05, 4.69) is 15.9 Å². The molecule has 1 aliphatic carbocycles. The van der Waals surface area contributed by atoms with Crippen LogP contribution in [-0.2, 0) is 11.2 Å². The summed E-state index contributed by atoms with van der Waals surface area (Å²) in [5.74, 6) is -0.579. The van der Waals surface area contributed by atoms with E-state index in [9.17, 15) is 14.3 Å². The Balaban J connectivity index is 2.13. The number of carbonyl (C=O) groups excluding carboxylic acids is 1. The minimum Gasteiger partial charge on any atom is -0.382 e. The first-order chi connectivity index (χ1) is 8.53. The molecule has 1 aliphatic rings. The number of Topliss-reactive ketones (excluding diaryl/α,β-unsaturated/α-hetero) is 1. The minimum atomic E-state index is -1.20. The first-order valence-electron chi connectivity index (χ1n) is 6.21. The van der Waals surface area contributed by atoms with Crippen molar-refractivity contribution in [1.29, 1.82) is 0 Å². The highest BCUT2D eigenvalue weighted by atomic mass is 79.9. The van der Waals surface area contributed by atoms with Crippen molar-refractivity contribution in [3.05, 3.63) is 34.1 Å². The summed E-state index contributed by atoms with van der Waals surface area (Å²) < 4.78 is 13.7. The zero-order valence-corrected chi connectivity index (χ0v) is 11.7. The number of hydrogen-bond donors (Lipinski definition) is 1. The van der Waals surface area contributed by atoms with Gasteiger partial charge in [0.1, 0.15) is 11.4 Å². The lowest BCUT2D eigenvalue weighted by molar-refractivity contribution is -0.139. The smallest absolute Gasteiger partial charge is 0.168 e. The number of halogens is 2. The second-order valence-corrected chi connectivity index (χ2v) is 5.70. The third-order valence-corrected chi connectivity index (χ3v) is 4.47. The molecule has 2 nitrogen and oxygen atoms in total. The van der Waals surface area contributed by atoms with E-state index < -0.39 is 5.60 Å². The average molecular weight is 315 g/mol. The van der Waals surface area contributed by atoms with Crippen LogP contribution in [0, 0.1) is 5.82 Å². The number of benzene rings is 1. The molecule has 98 valence electrons. The van der Waals surface area contributed by atoms with Crippen LogP contribution >= 0.6 is 15.9 Å². The Morgan fingerprint density at radius 1 is 1.33 bits per heavy atom. The average Bonchev–Trinajstić information content (AvgIpc) is 2.36. The van der Waals surface area contributed by atoms with Gasteiger partial charge >= 0.3 is 0 Å². The van der Waals surface area contributed by atoms with Gasteiger partial charge in [0, 0.05) is 6.42 Å². The molecular formula is C14H16BrFO2. The summed E-state index contributed by atoms with van der Waals surface area (Å²) in [6, 6.07) is 4.62. The Hall–Kier alpha value is -0.740. The summed E-state index contributed by atoms with van der Waals surface area (Å²) in [6.45, 7) is 0. The van der Waals surface area contributed by atoms with Crippen LogP contribution in [0.5, 0.6) is 0 Å². The summed E-state index contributed by atoms with van der Waals surface area (Å²) in [5.41, 5.74) is -0.608. The minimum absolute atomic E-state index is 0.0782. The van der Waals surface area contributed by atoms with Crippen molar-refractivity contribution in [2.45, 2.75) is 44.1 Å². The van der Waals surface area contributed by atoms with Gasteiger partial charge in [-0.05, 0) is 40.4 Å². The summed E-state index contributed by atoms with van der Waals surface area (Å²) in [4.78, 5) is 12.2. The third kappa shape index (κ3) is 2.81. The highest BCUT2D eigenvalue weighted by Crippen LogP contribution is 2.31. The molecular weight excluding hydrogens is 299 g/mol. The molecule has 0 atom stereocenters. The molecule has 1 fully saturated rings. The van der Waals surface area contributed by atoms with Crippen molar-refractivity contribution >= 4 is 21.7 Å². The van der Waals surface area contributed by atoms with Gasteiger partial charge in [-0.15, -0.1) is 0 Å². The number of aliphatic hydroxyl groups is 1. The summed E-state index contributed by atoms with van der Waals surface area (Å²) in [5, 5.41) is 10.3. The van der Waals surface area contributed by atoms with Crippen molar-refractivity contribution in [2.75, 3.05) is 0 Å². The lowest BCUT2D eigenvalue weighted by Gasteiger charge is -2.30. The van der Waals surface area contributed by atoms with Crippen LogP contribution in [0.4, 0.5) is 4.39 Å². The predicted octanol–water partition coefficient (Wildman–Crippen LogP) is 3.40. The maximum atomic E-state index is 13.3. The Morgan fingerprint density at radius 3 is 2.67 bits per heavy atom. The van der Waals surface area contributed by atoms with E-state index in [1.54, 1.807) is 12.1 Å². The number of ketones is 1. The molecule has 0 unspecified atom stereocenters. The Bertz CT molecular complexity index is 453. The van der Waals surface area contributed by atoms with E-state index in [1.165, 1.54) is 6.07 Å². The third-order valence-electron chi connectivity index (χ3n) is 3.58. The van der Waals surface area contributed by atoms with Gasteiger partial charge in [0.15, 0.2) is 5.78 Å². The highest BCUT2D eigenvalue weighted by Gasteiger charge is 2.36. The van der Waals surface area contributed by atoms with Crippen molar-refractivity contribution in [1.82, 2.24) is 0 Å².